The minimum absolute atomic E-state index is 0.538. The molecule has 0 aliphatic heterocycles. The van der Waals surface area contributed by atoms with Gasteiger partial charge in [0.2, 0.25) is 0 Å². The molecule has 0 amide bonds. The van der Waals surface area contributed by atoms with Crippen LogP contribution in [0, 0.1) is 0 Å². The molecule has 0 aliphatic rings. The lowest BCUT2D eigenvalue weighted by molar-refractivity contribution is 0.229. The normalized spacial score (nSPS) is 11.6. The van der Waals surface area contributed by atoms with E-state index in [0.29, 0.717) is 0 Å². The minimum atomic E-state index is -0.538. The summed E-state index contributed by atoms with van der Waals surface area (Å²) in [6.07, 6.45) is 5.22. The summed E-state index contributed by atoms with van der Waals surface area (Å²) < 4.78 is 0. The van der Waals surface area contributed by atoms with Gasteiger partial charge in [0.15, 0.2) is 0 Å². The van der Waals surface area contributed by atoms with Crippen LogP contribution in [0.1, 0.15) is 31.4 Å². The molecule has 0 saturated carbocycles. The van der Waals surface area contributed by atoms with Gasteiger partial charge >= 0.3 is 0 Å². The zero-order valence-corrected chi connectivity index (χ0v) is 8.48. The number of aliphatic hydroxyl groups excluding tert-OH is 1. The minimum Gasteiger partial charge on any atom is -0.384 e. The van der Waals surface area contributed by atoms with Crippen molar-refractivity contribution in [2.45, 2.75) is 25.9 Å². The van der Waals surface area contributed by atoms with Crippen LogP contribution in [0.2, 0.25) is 0 Å². The molecule has 14 heavy (non-hydrogen) atoms. The molecule has 1 unspecified atom stereocenters. The van der Waals surface area contributed by atoms with Crippen molar-refractivity contribution in [3.63, 3.8) is 0 Å². The zero-order valence-electron chi connectivity index (χ0n) is 8.48. The van der Waals surface area contributed by atoms with Gasteiger partial charge in [-0.05, 0) is 24.1 Å². The van der Waals surface area contributed by atoms with Crippen LogP contribution in [0.15, 0.2) is 48.2 Å². The maximum Gasteiger partial charge on any atom is 0.104 e. The molecule has 1 atom stereocenters. The molecule has 0 bridgehead atoms. The predicted octanol–water partition coefficient (Wildman–Crippen LogP) is 3.23. The first-order valence-electron chi connectivity index (χ1n) is 4.98. The molecule has 1 nitrogen and oxygen atoms in total. The van der Waals surface area contributed by atoms with Crippen molar-refractivity contribution < 1.29 is 5.11 Å². The second kappa shape index (κ2) is 6.20. The van der Waals surface area contributed by atoms with E-state index in [4.69, 9.17) is 0 Å². The third-order valence-electron chi connectivity index (χ3n) is 1.95. The SMILES string of the molecule is CCCC=C=CC(O)c1ccccc1. The van der Waals surface area contributed by atoms with E-state index >= 15 is 0 Å². The quantitative estimate of drug-likeness (QED) is 0.719. The summed E-state index contributed by atoms with van der Waals surface area (Å²) in [6.45, 7) is 2.12. The molecular weight excluding hydrogens is 172 g/mol. The largest absolute Gasteiger partial charge is 0.384 e. The topological polar surface area (TPSA) is 20.2 Å². The third-order valence-corrected chi connectivity index (χ3v) is 1.95. The van der Waals surface area contributed by atoms with Crippen molar-refractivity contribution in [2.24, 2.45) is 0 Å². The summed E-state index contributed by atoms with van der Waals surface area (Å²) >= 11 is 0. The molecule has 0 saturated heterocycles. The van der Waals surface area contributed by atoms with Crippen LogP contribution in [0.4, 0.5) is 0 Å². The third kappa shape index (κ3) is 3.61. The predicted molar refractivity (Wildman–Crippen MR) is 59.0 cm³/mol. The second-order valence-corrected chi connectivity index (χ2v) is 3.18. The van der Waals surface area contributed by atoms with Gasteiger partial charge in [0.05, 0.1) is 0 Å². The zero-order chi connectivity index (χ0) is 10.2. The lowest BCUT2D eigenvalue weighted by atomic mass is 10.1. The highest BCUT2D eigenvalue weighted by Gasteiger charge is 1.99. The maximum absolute atomic E-state index is 9.68. The van der Waals surface area contributed by atoms with E-state index in [2.05, 4.69) is 12.7 Å². The van der Waals surface area contributed by atoms with Crippen LogP contribution in [0.3, 0.4) is 0 Å². The van der Waals surface area contributed by atoms with E-state index < -0.39 is 6.10 Å². The molecular formula is C13H16O. The van der Waals surface area contributed by atoms with Crippen LogP contribution in [0.25, 0.3) is 0 Å². The van der Waals surface area contributed by atoms with Crippen LogP contribution in [0.5, 0.6) is 0 Å². The summed E-state index contributed by atoms with van der Waals surface area (Å²) in [5.41, 5.74) is 3.89. The summed E-state index contributed by atoms with van der Waals surface area (Å²) in [6, 6.07) is 9.59. The summed E-state index contributed by atoms with van der Waals surface area (Å²) in [5, 5.41) is 9.68. The van der Waals surface area contributed by atoms with Gasteiger partial charge in [-0.3, -0.25) is 0 Å². The highest BCUT2D eigenvalue weighted by atomic mass is 16.3. The first kappa shape index (κ1) is 10.8. The second-order valence-electron chi connectivity index (χ2n) is 3.18. The van der Waals surface area contributed by atoms with Gasteiger partial charge in [0, 0.05) is 0 Å². The Morgan fingerprint density at radius 1 is 1.36 bits per heavy atom. The highest BCUT2D eigenvalue weighted by molar-refractivity contribution is 5.20. The summed E-state index contributed by atoms with van der Waals surface area (Å²) in [4.78, 5) is 0. The fourth-order valence-corrected chi connectivity index (χ4v) is 1.13. The number of hydrogen-bond donors (Lipinski definition) is 1. The van der Waals surface area contributed by atoms with Crippen LogP contribution in [-0.2, 0) is 0 Å². The smallest absolute Gasteiger partial charge is 0.104 e. The maximum atomic E-state index is 9.68. The van der Waals surface area contributed by atoms with Gasteiger partial charge in [0.1, 0.15) is 6.10 Å². The molecule has 0 aliphatic carbocycles. The average Bonchev–Trinajstić information content (AvgIpc) is 2.25. The van der Waals surface area contributed by atoms with Crippen molar-refractivity contribution in [2.75, 3.05) is 0 Å². The average molecular weight is 188 g/mol. The van der Waals surface area contributed by atoms with Crippen LogP contribution < -0.4 is 0 Å². The number of benzene rings is 1. The lowest BCUT2D eigenvalue weighted by Gasteiger charge is -2.02. The van der Waals surface area contributed by atoms with Crippen molar-refractivity contribution in [1.82, 2.24) is 0 Å². The van der Waals surface area contributed by atoms with Gasteiger partial charge in [-0.2, -0.15) is 0 Å². The molecule has 1 N–H and O–H groups in total. The first-order valence-corrected chi connectivity index (χ1v) is 4.98. The monoisotopic (exact) mass is 188 g/mol. The Labute approximate surface area is 85.4 Å². The summed E-state index contributed by atoms with van der Waals surface area (Å²) in [7, 11) is 0. The lowest BCUT2D eigenvalue weighted by Crippen LogP contribution is -1.90. The number of aliphatic hydroxyl groups is 1. The van der Waals surface area contributed by atoms with Crippen molar-refractivity contribution in [3.8, 4) is 0 Å². The van der Waals surface area contributed by atoms with Crippen LogP contribution >= 0.6 is 0 Å². The van der Waals surface area contributed by atoms with Gasteiger partial charge in [-0.1, -0.05) is 43.7 Å². The Balaban J connectivity index is 2.59. The Bertz CT molecular complexity index is 307. The molecule has 0 radical (unpaired) electrons. The molecule has 0 spiro atoms. The number of rotatable bonds is 4. The fraction of sp³-hybridized carbons (Fsp3) is 0.308. The van der Waals surface area contributed by atoms with Crippen LogP contribution in [-0.4, -0.2) is 5.11 Å². The van der Waals surface area contributed by atoms with E-state index in [-0.39, 0.29) is 0 Å². The first-order chi connectivity index (χ1) is 6.84. The molecule has 74 valence electrons. The molecule has 0 fully saturated rings. The van der Waals surface area contributed by atoms with Crippen molar-refractivity contribution in [1.29, 1.82) is 0 Å². The fourth-order valence-electron chi connectivity index (χ4n) is 1.13. The molecule has 1 aromatic carbocycles. The van der Waals surface area contributed by atoms with E-state index in [9.17, 15) is 5.11 Å². The molecule has 0 heterocycles. The number of hydrogen-bond acceptors (Lipinski definition) is 1. The molecule has 1 aromatic rings. The standard InChI is InChI=1S/C13H16O/c1-2-3-4-8-11-13(14)12-9-6-5-7-10-12/h4-7,9-11,13-14H,2-3H2,1H3. The van der Waals surface area contributed by atoms with E-state index in [1.54, 1.807) is 6.08 Å². The van der Waals surface area contributed by atoms with E-state index in [1.807, 2.05) is 36.4 Å². The molecule has 1 heteroatoms. The van der Waals surface area contributed by atoms with E-state index in [1.165, 1.54) is 0 Å². The van der Waals surface area contributed by atoms with Gasteiger partial charge in [-0.25, -0.2) is 0 Å². The van der Waals surface area contributed by atoms with Gasteiger partial charge in [-0.15, -0.1) is 5.73 Å². The number of unbranched alkanes of at least 4 members (excludes halogenated alkanes) is 1. The summed E-state index contributed by atoms with van der Waals surface area (Å²) in [5.74, 6) is 0. The Kier molecular flexibility index (Phi) is 4.77. The highest BCUT2D eigenvalue weighted by Crippen LogP contribution is 2.12. The molecule has 1 rings (SSSR count). The Morgan fingerprint density at radius 2 is 2.07 bits per heavy atom. The van der Waals surface area contributed by atoms with Crippen molar-refractivity contribution in [3.05, 3.63) is 53.8 Å². The van der Waals surface area contributed by atoms with E-state index in [0.717, 1.165) is 18.4 Å². The van der Waals surface area contributed by atoms with Gasteiger partial charge < -0.3 is 5.11 Å². The Morgan fingerprint density at radius 3 is 2.71 bits per heavy atom. The van der Waals surface area contributed by atoms with Crippen molar-refractivity contribution >= 4 is 0 Å². The van der Waals surface area contributed by atoms with Gasteiger partial charge in [0.25, 0.3) is 0 Å². The Hall–Kier alpha value is -1.30. The molecule has 0 aromatic heterocycles.